The SMILES string of the molecule is CCOC(=O)[C@@]12C[C@H]1C=CCCCCC[C@H](NC(=O)OC(C)(C)C)C(=O)N1CC(n3nc(Br)c(-c4ccccc4)n3)C[C@H]1C(=O)N2. The van der Waals surface area contributed by atoms with Crippen LogP contribution in [0, 0.1) is 5.92 Å². The number of allylic oxidation sites excluding steroid dienone is 1. The first-order chi connectivity index (χ1) is 21.9. The molecule has 3 amide bonds. The molecule has 5 atom stereocenters. The first-order valence-corrected chi connectivity index (χ1v) is 16.8. The number of rotatable bonds is 5. The molecule has 2 aliphatic heterocycles. The van der Waals surface area contributed by atoms with Crippen molar-refractivity contribution in [1.82, 2.24) is 30.5 Å². The summed E-state index contributed by atoms with van der Waals surface area (Å²) in [6, 6.07) is 7.30. The summed E-state index contributed by atoms with van der Waals surface area (Å²) in [5, 5.41) is 15.1. The normalized spacial score (nSPS) is 27.0. The molecule has 1 aliphatic carbocycles. The number of halogens is 1. The number of amides is 3. The van der Waals surface area contributed by atoms with Gasteiger partial charge in [-0.15, -0.1) is 5.10 Å². The lowest BCUT2D eigenvalue weighted by Gasteiger charge is -2.30. The number of esters is 1. The minimum absolute atomic E-state index is 0.133. The van der Waals surface area contributed by atoms with Crippen LogP contribution in [0.1, 0.15) is 78.7 Å². The van der Waals surface area contributed by atoms with Crippen molar-refractivity contribution in [3.8, 4) is 11.3 Å². The fourth-order valence-corrected chi connectivity index (χ4v) is 6.65. The Bertz CT molecular complexity index is 1470. The van der Waals surface area contributed by atoms with Crippen LogP contribution in [-0.4, -0.2) is 80.1 Å². The zero-order chi connectivity index (χ0) is 33.1. The highest BCUT2D eigenvalue weighted by atomic mass is 79.9. The van der Waals surface area contributed by atoms with Crippen molar-refractivity contribution in [3.05, 3.63) is 47.1 Å². The van der Waals surface area contributed by atoms with E-state index in [2.05, 4.69) is 31.7 Å². The summed E-state index contributed by atoms with van der Waals surface area (Å²) in [7, 11) is 0. The lowest BCUT2D eigenvalue weighted by molar-refractivity contribution is -0.150. The van der Waals surface area contributed by atoms with Gasteiger partial charge in [0.05, 0.1) is 12.6 Å². The predicted octanol–water partition coefficient (Wildman–Crippen LogP) is 4.70. The summed E-state index contributed by atoms with van der Waals surface area (Å²) in [6.07, 6.45) is 7.57. The maximum absolute atomic E-state index is 14.3. The largest absolute Gasteiger partial charge is 0.464 e. The summed E-state index contributed by atoms with van der Waals surface area (Å²) in [6.45, 7) is 7.32. The summed E-state index contributed by atoms with van der Waals surface area (Å²) >= 11 is 3.52. The second-order valence-electron chi connectivity index (χ2n) is 13.2. The molecule has 3 heterocycles. The Hall–Kier alpha value is -3.74. The fraction of sp³-hybridized carbons (Fsp3) is 0.576. The molecule has 1 aromatic heterocycles. The van der Waals surface area contributed by atoms with E-state index in [1.54, 1.807) is 32.5 Å². The Labute approximate surface area is 277 Å². The van der Waals surface area contributed by atoms with Crippen LogP contribution in [0.15, 0.2) is 47.1 Å². The molecular weight excluding hydrogens is 656 g/mol. The first kappa shape index (κ1) is 33.6. The van der Waals surface area contributed by atoms with E-state index in [0.717, 1.165) is 24.8 Å². The van der Waals surface area contributed by atoms with Crippen LogP contribution in [0.4, 0.5) is 4.79 Å². The van der Waals surface area contributed by atoms with Crippen molar-refractivity contribution < 1.29 is 28.7 Å². The molecule has 2 N–H and O–H groups in total. The number of alkyl carbamates (subject to hydrolysis) is 1. The van der Waals surface area contributed by atoms with Gasteiger partial charge in [0.25, 0.3) is 0 Å². The zero-order valence-corrected chi connectivity index (χ0v) is 28.4. The smallest absolute Gasteiger partial charge is 0.408 e. The first-order valence-electron chi connectivity index (χ1n) is 16.1. The molecule has 1 aromatic carbocycles. The van der Waals surface area contributed by atoms with Crippen LogP contribution in [-0.2, 0) is 23.9 Å². The van der Waals surface area contributed by atoms with Crippen molar-refractivity contribution in [2.45, 2.75) is 102 Å². The van der Waals surface area contributed by atoms with E-state index in [4.69, 9.17) is 14.6 Å². The van der Waals surface area contributed by atoms with E-state index < -0.39 is 53.1 Å². The molecule has 2 aromatic rings. The number of fused-ring (bicyclic) bond motifs is 2. The minimum atomic E-state index is -1.18. The molecule has 5 rings (SSSR count). The van der Waals surface area contributed by atoms with Crippen molar-refractivity contribution in [2.75, 3.05) is 13.2 Å². The number of carbonyl (C=O) groups is 4. The average Bonchev–Trinajstić information content (AvgIpc) is 3.31. The van der Waals surface area contributed by atoms with Crippen molar-refractivity contribution in [3.63, 3.8) is 0 Å². The third-order valence-corrected chi connectivity index (χ3v) is 9.08. The minimum Gasteiger partial charge on any atom is -0.464 e. The Morgan fingerprint density at radius 3 is 2.61 bits per heavy atom. The second kappa shape index (κ2) is 13.9. The molecule has 12 nitrogen and oxygen atoms in total. The highest BCUT2D eigenvalue weighted by molar-refractivity contribution is 9.10. The Kier molecular flexibility index (Phi) is 10.2. The van der Waals surface area contributed by atoms with E-state index >= 15 is 0 Å². The molecule has 3 aliphatic rings. The number of nitrogens with one attached hydrogen (secondary N) is 2. The van der Waals surface area contributed by atoms with Crippen LogP contribution >= 0.6 is 15.9 Å². The molecule has 0 radical (unpaired) electrons. The van der Waals surface area contributed by atoms with Gasteiger partial charge >= 0.3 is 12.1 Å². The van der Waals surface area contributed by atoms with E-state index in [-0.39, 0.29) is 25.5 Å². The van der Waals surface area contributed by atoms with Gasteiger partial charge in [-0.2, -0.15) is 9.90 Å². The summed E-state index contributed by atoms with van der Waals surface area (Å²) in [5.41, 5.74) is -0.427. The number of ether oxygens (including phenoxy) is 2. The van der Waals surface area contributed by atoms with Gasteiger partial charge in [-0.05, 0) is 69.3 Å². The van der Waals surface area contributed by atoms with Gasteiger partial charge in [0.15, 0.2) is 4.60 Å². The molecule has 1 saturated carbocycles. The maximum atomic E-state index is 14.3. The highest BCUT2D eigenvalue weighted by Crippen LogP contribution is 2.46. The Morgan fingerprint density at radius 1 is 1.13 bits per heavy atom. The molecular formula is C33H43BrN6O6. The summed E-state index contributed by atoms with van der Waals surface area (Å²) in [4.78, 5) is 57.5. The van der Waals surface area contributed by atoms with Crippen LogP contribution in [0.25, 0.3) is 11.3 Å². The van der Waals surface area contributed by atoms with Gasteiger partial charge in [-0.3, -0.25) is 9.59 Å². The van der Waals surface area contributed by atoms with Crippen LogP contribution in [0.2, 0.25) is 0 Å². The van der Waals surface area contributed by atoms with E-state index in [1.807, 2.05) is 42.5 Å². The monoisotopic (exact) mass is 698 g/mol. The lowest BCUT2D eigenvalue weighted by Crippen LogP contribution is -2.56. The van der Waals surface area contributed by atoms with Crippen LogP contribution in [0.3, 0.4) is 0 Å². The van der Waals surface area contributed by atoms with Gasteiger partial charge in [-0.1, -0.05) is 55.3 Å². The van der Waals surface area contributed by atoms with Crippen LogP contribution in [0.5, 0.6) is 0 Å². The van der Waals surface area contributed by atoms with Gasteiger partial charge in [0, 0.05) is 24.4 Å². The third-order valence-electron chi connectivity index (χ3n) is 8.55. The average molecular weight is 700 g/mol. The zero-order valence-electron chi connectivity index (χ0n) is 26.8. The van der Waals surface area contributed by atoms with Gasteiger partial charge < -0.3 is 25.0 Å². The number of hydrogen-bond donors (Lipinski definition) is 2. The topological polar surface area (TPSA) is 145 Å². The molecule has 2 fully saturated rings. The predicted molar refractivity (Wildman–Crippen MR) is 173 cm³/mol. The maximum Gasteiger partial charge on any atom is 0.408 e. The molecule has 0 spiro atoms. The third kappa shape index (κ3) is 7.62. The quantitative estimate of drug-likeness (QED) is 0.338. The standard InChI is InChI=1S/C33H43BrN6O6/c1-5-45-30(43)33-19-22(33)16-12-7-6-8-13-17-24(35-31(44)46-32(2,3)4)29(42)39-20-23(18-25(39)28(41)36-33)40-37-26(27(34)38-40)21-14-10-9-11-15-21/h9-12,14-16,22-25H,5-8,13,17-20H2,1-4H3,(H,35,44)(H,36,41)/t22-,23?,24+,25+,33-/m1/s1. The number of hydrogen-bond acceptors (Lipinski definition) is 8. The van der Waals surface area contributed by atoms with Crippen molar-refractivity contribution in [1.29, 1.82) is 0 Å². The van der Waals surface area contributed by atoms with E-state index in [1.165, 1.54) is 4.90 Å². The molecule has 248 valence electrons. The summed E-state index contributed by atoms with van der Waals surface area (Å²) < 4.78 is 11.4. The highest BCUT2D eigenvalue weighted by Gasteiger charge is 2.62. The number of benzene rings is 1. The molecule has 0 bridgehead atoms. The van der Waals surface area contributed by atoms with Crippen molar-refractivity contribution in [2.24, 2.45) is 5.92 Å². The van der Waals surface area contributed by atoms with E-state index in [0.29, 0.717) is 29.6 Å². The number of aromatic nitrogens is 3. The molecule has 1 unspecified atom stereocenters. The molecule has 1 saturated heterocycles. The van der Waals surface area contributed by atoms with Crippen LogP contribution < -0.4 is 10.6 Å². The Balaban J connectivity index is 1.47. The number of nitrogens with zero attached hydrogens (tertiary/aromatic N) is 4. The molecule has 46 heavy (non-hydrogen) atoms. The van der Waals surface area contributed by atoms with Gasteiger partial charge in [-0.25, -0.2) is 9.59 Å². The van der Waals surface area contributed by atoms with Gasteiger partial charge in [0.1, 0.15) is 28.9 Å². The molecule has 13 heteroatoms. The lowest BCUT2D eigenvalue weighted by atomic mass is 10.0. The Morgan fingerprint density at radius 2 is 1.89 bits per heavy atom. The van der Waals surface area contributed by atoms with E-state index in [9.17, 15) is 19.2 Å². The fourth-order valence-electron chi connectivity index (χ4n) is 6.18. The summed E-state index contributed by atoms with van der Waals surface area (Å²) in [5.74, 6) is -1.53. The van der Waals surface area contributed by atoms with Crippen molar-refractivity contribution >= 4 is 39.8 Å². The van der Waals surface area contributed by atoms with Gasteiger partial charge in [0.2, 0.25) is 11.8 Å². The number of carbonyl (C=O) groups excluding carboxylic acids is 4. The second-order valence-corrected chi connectivity index (χ2v) is 13.9.